The zero-order chi connectivity index (χ0) is 18.2. The molecule has 0 saturated carbocycles. The van der Waals surface area contributed by atoms with Crippen molar-refractivity contribution in [2.45, 2.75) is 19.1 Å². The Bertz CT molecular complexity index is 791. The van der Waals surface area contributed by atoms with Crippen LogP contribution in [0.1, 0.15) is 21.9 Å². The number of aryl methyl sites for hydroxylation is 1. The van der Waals surface area contributed by atoms with Crippen molar-refractivity contribution in [2.75, 3.05) is 18.2 Å². The normalized spacial score (nSPS) is 18.0. The van der Waals surface area contributed by atoms with Gasteiger partial charge in [-0.15, -0.1) is 11.8 Å². The van der Waals surface area contributed by atoms with Gasteiger partial charge in [-0.05, 0) is 12.1 Å². The van der Waals surface area contributed by atoms with Gasteiger partial charge in [0.1, 0.15) is 0 Å². The highest BCUT2D eigenvalue weighted by atomic mass is 32.2. The quantitative estimate of drug-likeness (QED) is 0.897. The number of nitrogens with zero attached hydrogens (tertiary/aromatic N) is 2. The highest BCUT2D eigenvalue weighted by Crippen LogP contribution is 2.34. The van der Waals surface area contributed by atoms with E-state index in [0.717, 1.165) is 17.9 Å². The lowest BCUT2D eigenvalue weighted by molar-refractivity contribution is -0.137. The molecule has 1 saturated heterocycles. The Morgan fingerprint density at radius 3 is 2.92 bits per heavy atom. The molecule has 0 radical (unpaired) electrons. The number of oxazole rings is 1. The fraction of sp³-hybridized carbons (Fsp3) is 0.375. The number of hydrogen-bond acceptors (Lipinski definition) is 5. The van der Waals surface area contributed by atoms with E-state index in [1.165, 1.54) is 12.1 Å². The van der Waals surface area contributed by atoms with Crippen molar-refractivity contribution in [3.8, 4) is 11.3 Å². The predicted molar refractivity (Wildman–Crippen MR) is 88.0 cm³/mol. The highest BCUT2D eigenvalue weighted by Gasteiger charge is 2.34. The van der Waals surface area contributed by atoms with Crippen LogP contribution in [0, 0.1) is 6.92 Å². The van der Waals surface area contributed by atoms with E-state index < -0.39 is 11.7 Å². The fourth-order valence-electron chi connectivity index (χ4n) is 2.64. The molecule has 5 nitrogen and oxygen atoms in total. The lowest BCUT2D eigenvalue weighted by Crippen LogP contribution is -2.41. The Kier molecular flexibility index (Phi) is 4.79. The summed E-state index contributed by atoms with van der Waals surface area (Å²) in [7, 11) is 0. The summed E-state index contributed by atoms with van der Waals surface area (Å²) in [5.74, 6) is 1.06. The number of aromatic nitrogens is 1. The molecule has 0 aliphatic carbocycles. The topological polar surface area (TPSA) is 72.4 Å². The van der Waals surface area contributed by atoms with Crippen molar-refractivity contribution in [3.63, 3.8) is 0 Å². The van der Waals surface area contributed by atoms with E-state index in [1.54, 1.807) is 23.6 Å². The van der Waals surface area contributed by atoms with E-state index in [2.05, 4.69) is 4.98 Å². The molecule has 3 rings (SSSR count). The first-order chi connectivity index (χ1) is 11.8. The van der Waals surface area contributed by atoms with Gasteiger partial charge >= 0.3 is 6.18 Å². The van der Waals surface area contributed by atoms with E-state index >= 15 is 0 Å². The van der Waals surface area contributed by atoms with Crippen LogP contribution in [0.25, 0.3) is 11.3 Å². The smallest absolute Gasteiger partial charge is 0.416 e. The number of alkyl halides is 3. The monoisotopic (exact) mass is 371 g/mol. The minimum absolute atomic E-state index is 0.0118. The van der Waals surface area contributed by atoms with Gasteiger partial charge in [0, 0.05) is 24.8 Å². The Morgan fingerprint density at radius 2 is 2.24 bits per heavy atom. The molecule has 1 aromatic heterocycles. The average molecular weight is 371 g/mol. The fourth-order valence-corrected chi connectivity index (χ4v) is 3.86. The van der Waals surface area contributed by atoms with Crippen LogP contribution in [-0.4, -0.2) is 40.0 Å². The number of benzene rings is 1. The van der Waals surface area contributed by atoms with Gasteiger partial charge in [-0.2, -0.15) is 13.2 Å². The molecule has 1 atom stereocenters. The Hall–Kier alpha value is -2.00. The first-order valence-electron chi connectivity index (χ1n) is 7.55. The third-order valence-electron chi connectivity index (χ3n) is 3.90. The van der Waals surface area contributed by atoms with Crippen LogP contribution < -0.4 is 5.73 Å². The van der Waals surface area contributed by atoms with E-state index in [0.29, 0.717) is 12.4 Å². The first-order valence-corrected chi connectivity index (χ1v) is 8.70. The van der Waals surface area contributed by atoms with Crippen LogP contribution in [0.15, 0.2) is 28.7 Å². The molecule has 1 aromatic carbocycles. The molecule has 1 amide bonds. The van der Waals surface area contributed by atoms with Crippen molar-refractivity contribution < 1.29 is 22.4 Å². The number of halogens is 3. The van der Waals surface area contributed by atoms with E-state index in [-0.39, 0.29) is 34.9 Å². The third kappa shape index (κ3) is 3.52. The van der Waals surface area contributed by atoms with Gasteiger partial charge in [-0.1, -0.05) is 12.1 Å². The molecule has 0 bridgehead atoms. The van der Waals surface area contributed by atoms with Crippen LogP contribution in [0.4, 0.5) is 13.2 Å². The zero-order valence-corrected chi connectivity index (χ0v) is 14.2. The molecule has 25 heavy (non-hydrogen) atoms. The molecule has 2 N–H and O–H groups in total. The Balaban J connectivity index is 2.01. The predicted octanol–water partition coefficient (Wildman–Crippen LogP) is 3.14. The summed E-state index contributed by atoms with van der Waals surface area (Å²) >= 11 is 1.57. The molecule has 0 spiro atoms. The van der Waals surface area contributed by atoms with Crippen LogP contribution in [0.3, 0.4) is 0 Å². The maximum Gasteiger partial charge on any atom is 0.416 e. The average Bonchev–Trinajstić information content (AvgIpc) is 3.19. The maximum atomic E-state index is 13.0. The summed E-state index contributed by atoms with van der Waals surface area (Å²) in [6, 6.07) is 4.54. The third-order valence-corrected chi connectivity index (χ3v) is 4.98. The van der Waals surface area contributed by atoms with E-state index in [1.807, 2.05) is 0 Å². The molecule has 2 heterocycles. The number of carbonyl (C=O) groups is 1. The summed E-state index contributed by atoms with van der Waals surface area (Å²) < 4.78 is 44.3. The SMILES string of the molecule is Cc1nc(C(=O)N2CSC[C@H]2CN)c(-c2cccc(C(F)(F)F)c2)o1. The molecular formula is C16H16F3N3O2S. The molecule has 0 unspecified atom stereocenters. The van der Waals surface area contributed by atoms with Gasteiger partial charge < -0.3 is 15.1 Å². The lowest BCUT2D eigenvalue weighted by atomic mass is 10.1. The largest absolute Gasteiger partial charge is 0.440 e. The number of hydrogen-bond donors (Lipinski definition) is 1. The number of amides is 1. The zero-order valence-electron chi connectivity index (χ0n) is 13.3. The van der Waals surface area contributed by atoms with Gasteiger partial charge in [0.15, 0.2) is 17.3 Å². The Morgan fingerprint density at radius 1 is 1.48 bits per heavy atom. The summed E-state index contributed by atoms with van der Waals surface area (Å²) in [4.78, 5) is 18.5. The van der Waals surface area contributed by atoms with Gasteiger partial charge in [0.05, 0.1) is 17.5 Å². The Labute approximate surface area is 146 Å². The van der Waals surface area contributed by atoms with Crippen molar-refractivity contribution in [3.05, 3.63) is 41.4 Å². The van der Waals surface area contributed by atoms with Crippen molar-refractivity contribution in [1.29, 1.82) is 0 Å². The summed E-state index contributed by atoms with van der Waals surface area (Å²) in [6.45, 7) is 1.86. The van der Waals surface area contributed by atoms with Crippen LogP contribution >= 0.6 is 11.8 Å². The number of thioether (sulfide) groups is 1. The van der Waals surface area contributed by atoms with E-state index in [4.69, 9.17) is 10.2 Å². The van der Waals surface area contributed by atoms with Crippen molar-refractivity contribution >= 4 is 17.7 Å². The number of rotatable bonds is 3. The second-order valence-electron chi connectivity index (χ2n) is 5.65. The van der Waals surface area contributed by atoms with Crippen molar-refractivity contribution in [2.24, 2.45) is 5.73 Å². The molecule has 2 aromatic rings. The lowest BCUT2D eigenvalue weighted by Gasteiger charge is -2.21. The minimum Gasteiger partial charge on any atom is -0.440 e. The van der Waals surface area contributed by atoms with Gasteiger partial charge in [0.25, 0.3) is 5.91 Å². The van der Waals surface area contributed by atoms with Gasteiger partial charge in [-0.25, -0.2) is 4.98 Å². The molecule has 9 heteroatoms. The summed E-state index contributed by atoms with van der Waals surface area (Å²) in [5.41, 5.74) is 5.05. The maximum absolute atomic E-state index is 13.0. The first kappa shape index (κ1) is 17.8. The second-order valence-corrected chi connectivity index (χ2v) is 6.65. The van der Waals surface area contributed by atoms with Gasteiger partial charge in [0.2, 0.25) is 0 Å². The minimum atomic E-state index is -4.48. The number of nitrogens with two attached hydrogens (primary N) is 1. The highest BCUT2D eigenvalue weighted by molar-refractivity contribution is 7.99. The van der Waals surface area contributed by atoms with Crippen LogP contribution in [-0.2, 0) is 6.18 Å². The van der Waals surface area contributed by atoms with Crippen molar-refractivity contribution in [1.82, 2.24) is 9.88 Å². The molecule has 1 aliphatic heterocycles. The van der Waals surface area contributed by atoms with Gasteiger partial charge in [-0.3, -0.25) is 4.79 Å². The van der Waals surface area contributed by atoms with Crippen LogP contribution in [0.5, 0.6) is 0 Å². The second kappa shape index (κ2) is 6.72. The van der Waals surface area contributed by atoms with Crippen LogP contribution in [0.2, 0.25) is 0 Å². The summed E-state index contributed by atoms with van der Waals surface area (Å²) in [6.07, 6.45) is -4.48. The van der Waals surface area contributed by atoms with E-state index in [9.17, 15) is 18.0 Å². The summed E-state index contributed by atoms with van der Waals surface area (Å²) in [5, 5.41) is 0. The number of carbonyl (C=O) groups excluding carboxylic acids is 1. The molecule has 1 fully saturated rings. The standard InChI is InChI=1S/C16H16F3N3O2S/c1-9-21-13(15(23)22-8-25-7-12(22)6-20)14(24-9)10-3-2-4-11(5-10)16(17,18)19/h2-5,12H,6-8,20H2,1H3/t12-/m1/s1. The molecule has 1 aliphatic rings. The molecule has 134 valence electrons. The molecular weight excluding hydrogens is 355 g/mol.